The van der Waals surface area contributed by atoms with Crippen LogP contribution in [0.5, 0.6) is 0 Å². The predicted octanol–water partition coefficient (Wildman–Crippen LogP) is 4.50. The Balaban J connectivity index is 1.14. The molecule has 0 aliphatic carbocycles. The van der Waals surface area contributed by atoms with E-state index < -0.39 is 5.60 Å². The fourth-order valence-electron chi connectivity index (χ4n) is 5.59. The van der Waals surface area contributed by atoms with Gasteiger partial charge in [0.1, 0.15) is 17.0 Å². The van der Waals surface area contributed by atoms with Crippen LogP contribution in [0.2, 0.25) is 5.02 Å². The minimum Gasteiger partial charge on any atom is -0.461 e. The largest absolute Gasteiger partial charge is 0.461 e. The molecule has 0 bridgehead atoms. The third-order valence-corrected chi connectivity index (χ3v) is 8.35. The van der Waals surface area contributed by atoms with Gasteiger partial charge in [0, 0.05) is 49.4 Å². The molecule has 4 heterocycles. The highest BCUT2D eigenvalue weighted by molar-refractivity contribution is 6.31. The number of likely N-dealkylation sites (tertiary alicyclic amines) is 1. The van der Waals surface area contributed by atoms with Crippen molar-refractivity contribution in [2.45, 2.75) is 45.0 Å². The molecule has 0 amide bonds. The smallest absolute Gasteiger partial charge is 0.281 e. The Bertz CT molecular complexity index is 1760. The number of fused-ring (bicyclic) bond motifs is 1. The first kappa shape index (κ1) is 27.4. The van der Waals surface area contributed by atoms with Gasteiger partial charge in [-0.05, 0) is 49.1 Å². The standard InChI is InChI=1S/C31H33ClN6O3/c1-20-3-10-26(41-20)23-8-9-24(25(32)15-23)17-37-13-11-31(40,12-14-37)18-38-19-34-27-28(30(38)39)35-36(2)29(27)22-6-4-21(16-33)5-7-22/h3-10,15,19,40H,11-14,16-18,33H2,1-2H3. The Morgan fingerprint density at radius 1 is 1.05 bits per heavy atom. The molecule has 1 saturated heterocycles. The molecule has 5 aromatic rings. The Hall–Kier alpha value is -3.76. The van der Waals surface area contributed by atoms with Crippen LogP contribution < -0.4 is 11.3 Å². The second kappa shape index (κ2) is 10.9. The van der Waals surface area contributed by atoms with Crippen LogP contribution in [0.25, 0.3) is 33.6 Å². The summed E-state index contributed by atoms with van der Waals surface area (Å²) in [6, 6.07) is 17.7. The van der Waals surface area contributed by atoms with Crippen LogP contribution in [0, 0.1) is 6.92 Å². The zero-order chi connectivity index (χ0) is 28.7. The highest BCUT2D eigenvalue weighted by Gasteiger charge is 2.33. The van der Waals surface area contributed by atoms with Crippen LogP contribution in [0.15, 0.2) is 70.1 Å². The Morgan fingerprint density at radius 2 is 1.78 bits per heavy atom. The molecule has 6 rings (SSSR count). The summed E-state index contributed by atoms with van der Waals surface area (Å²) in [5, 5.41) is 16.6. The average molecular weight is 573 g/mol. The first-order valence-electron chi connectivity index (χ1n) is 13.7. The number of furan rings is 1. The predicted molar refractivity (Wildman–Crippen MR) is 159 cm³/mol. The van der Waals surface area contributed by atoms with E-state index in [0.29, 0.717) is 49.6 Å². The number of halogens is 1. The van der Waals surface area contributed by atoms with Gasteiger partial charge in [0.05, 0.1) is 24.2 Å². The number of hydrogen-bond donors (Lipinski definition) is 2. The van der Waals surface area contributed by atoms with Crippen LogP contribution in [-0.2, 0) is 26.7 Å². The van der Waals surface area contributed by atoms with Crippen molar-refractivity contribution in [3.8, 4) is 22.6 Å². The summed E-state index contributed by atoms with van der Waals surface area (Å²) >= 11 is 6.62. The van der Waals surface area contributed by atoms with Gasteiger partial charge in [-0.3, -0.25) is 18.9 Å². The van der Waals surface area contributed by atoms with Gasteiger partial charge in [-0.25, -0.2) is 4.98 Å². The Kier molecular flexibility index (Phi) is 7.29. The van der Waals surface area contributed by atoms with E-state index in [4.69, 9.17) is 21.8 Å². The van der Waals surface area contributed by atoms with Crippen molar-refractivity contribution in [1.82, 2.24) is 24.2 Å². The second-order valence-electron chi connectivity index (χ2n) is 11.0. The van der Waals surface area contributed by atoms with Crippen LogP contribution in [-0.4, -0.2) is 48.0 Å². The van der Waals surface area contributed by atoms with Gasteiger partial charge in [0.25, 0.3) is 5.56 Å². The maximum atomic E-state index is 13.4. The van der Waals surface area contributed by atoms with E-state index in [0.717, 1.165) is 39.5 Å². The third-order valence-electron chi connectivity index (χ3n) is 8.00. The van der Waals surface area contributed by atoms with E-state index in [1.54, 1.807) is 11.7 Å². The number of benzene rings is 2. The zero-order valence-electron chi connectivity index (χ0n) is 23.2. The Labute approximate surface area is 242 Å². The average Bonchev–Trinajstić information content (AvgIpc) is 3.55. The molecule has 3 aromatic heterocycles. The molecule has 1 aliphatic heterocycles. The molecule has 1 fully saturated rings. The molecular formula is C31H33ClN6O3. The number of hydrogen-bond acceptors (Lipinski definition) is 7. The van der Waals surface area contributed by atoms with Crippen molar-refractivity contribution in [2.75, 3.05) is 13.1 Å². The number of nitrogens with zero attached hydrogens (tertiary/aromatic N) is 5. The molecule has 0 saturated carbocycles. The van der Waals surface area contributed by atoms with Crippen LogP contribution in [0.1, 0.15) is 29.7 Å². The monoisotopic (exact) mass is 572 g/mol. The fourth-order valence-corrected chi connectivity index (χ4v) is 5.83. The lowest BCUT2D eigenvalue weighted by Crippen LogP contribution is -2.47. The van der Waals surface area contributed by atoms with Crippen molar-refractivity contribution in [2.24, 2.45) is 12.8 Å². The van der Waals surface area contributed by atoms with Crippen LogP contribution in [0.4, 0.5) is 0 Å². The summed E-state index contributed by atoms with van der Waals surface area (Å²) in [5.41, 5.74) is 9.96. The molecule has 0 spiro atoms. The minimum absolute atomic E-state index is 0.164. The lowest BCUT2D eigenvalue weighted by Gasteiger charge is -2.38. The van der Waals surface area contributed by atoms with Gasteiger partial charge in [0.15, 0.2) is 5.52 Å². The second-order valence-corrected chi connectivity index (χ2v) is 11.4. The molecular weight excluding hydrogens is 540 g/mol. The first-order valence-corrected chi connectivity index (χ1v) is 14.1. The van der Waals surface area contributed by atoms with Crippen molar-refractivity contribution < 1.29 is 9.52 Å². The quantitative estimate of drug-likeness (QED) is 0.295. The van der Waals surface area contributed by atoms with Gasteiger partial charge in [0.2, 0.25) is 0 Å². The van der Waals surface area contributed by atoms with E-state index >= 15 is 0 Å². The van der Waals surface area contributed by atoms with E-state index in [-0.39, 0.29) is 17.6 Å². The van der Waals surface area contributed by atoms with E-state index in [2.05, 4.69) is 15.0 Å². The molecule has 41 heavy (non-hydrogen) atoms. The van der Waals surface area contributed by atoms with Gasteiger partial charge >= 0.3 is 0 Å². The van der Waals surface area contributed by atoms with Crippen LogP contribution >= 0.6 is 11.6 Å². The van der Waals surface area contributed by atoms with E-state index in [1.807, 2.05) is 61.5 Å². The maximum absolute atomic E-state index is 13.4. The topological polar surface area (TPSA) is 115 Å². The number of piperidine rings is 1. The summed E-state index contributed by atoms with van der Waals surface area (Å²) in [4.78, 5) is 20.3. The zero-order valence-corrected chi connectivity index (χ0v) is 23.9. The molecule has 212 valence electrons. The summed E-state index contributed by atoms with van der Waals surface area (Å²) in [7, 11) is 1.80. The highest BCUT2D eigenvalue weighted by Crippen LogP contribution is 2.31. The number of aryl methyl sites for hydroxylation is 2. The third kappa shape index (κ3) is 5.46. The fraction of sp³-hybridized carbons (Fsp3) is 0.323. The lowest BCUT2D eigenvalue weighted by molar-refractivity contribution is -0.0364. The highest BCUT2D eigenvalue weighted by atomic mass is 35.5. The maximum Gasteiger partial charge on any atom is 0.281 e. The van der Waals surface area contributed by atoms with E-state index in [1.165, 1.54) is 10.9 Å². The number of nitrogens with two attached hydrogens (primary N) is 1. The summed E-state index contributed by atoms with van der Waals surface area (Å²) in [6.45, 7) is 4.59. The molecule has 0 unspecified atom stereocenters. The Morgan fingerprint density at radius 3 is 2.44 bits per heavy atom. The normalized spacial score (nSPS) is 15.5. The molecule has 9 nitrogen and oxygen atoms in total. The van der Waals surface area contributed by atoms with Gasteiger partial charge in [-0.1, -0.05) is 48.0 Å². The van der Waals surface area contributed by atoms with E-state index in [9.17, 15) is 9.90 Å². The molecule has 1 aliphatic rings. The molecule has 2 aromatic carbocycles. The molecule has 10 heteroatoms. The van der Waals surface area contributed by atoms with Crippen molar-refractivity contribution >= 4 is 22.6 Å². The van der Waals surface area contributed by atoms with Gasteiger partial charge in [-0.2, -0.15) is 5.10 Å². The SMILES string of the molecule is Cc1ccc(-c2ccc(CN3CCC(O)(Cn4cnc5c(-c6ccc(CN)cc6)n(C)nc5c4=O)CC3)c(Cl)c2)o1. The lowest BCUT2D eigenvalue weighted by atomic mass is 9.91. The minimum atomic E-state index is -1.02. The van der Waals surface area contributed by atoms with Gasteiger partial charge in [-0.15, -0.1) is 0 Å². The van der Waals surface area contributed by atoms with Crippen molar-refractivity contribution in [3.05, 3.63) is 93.2 Å². The summed E-state index contributed by atoms with van der Waals surface area (Å²) in [5.74, 6) is 1.66. The van der Waals surface area contributed by atoms with Crippen molar-refractivity contribution in [3.63, 3.8) is 0 Å². The van der Waals surface area contributed by atoms with Crippen LogP contribution in [0.3, 0.4) is 0 Å². The summed E-state index contributed by atoms with van der Waals surface area (Å²) in [6.07, 6.45) is 2.58. The molecule has 3 N–H and O–H groups in total. The number of aromatic nitrogens is 4. The first-order chi connectivity index (χ1) is 19.7. The van der Waals surface area contributed by atoms with Gasteiger partial charge < -0.3 is 15.3 Å². The summed E-state index contributed by atoms with van der Waals surface area (Å²) < 4.78 is 8.88. The number of aliphatic hydroxyl groups is 1. The molecule has 0 radical (unpaired) electrons. The molecule has 0 atom stereocenters. The van der Waals surface area contributed by atoms with Crippen molar-refractivity contribution in [1.29, 1.82) is 0 Å². The number of rotatable bonds is 7.